The lowest BCUT2D eigenvalue weighted by Gasteiger charge is -2.34. The van der Waals surface area contributed by atoms with Crippen molar-refractivity contribution >= 4 is 21.4 Å². The van der Waals surface area contributed by atoms with Crippen LogP contribution in [0, 0.1) is 12.8 Å². The minimum Gasteiger partial charge on any atom is -0.326 e. The van der Waals surface area contributed by atoms with Gasteiger partial charge in [-0.3, -0.25) is 0 Å². The summed E-state index contributed by atoms with van der Waals surface area (Å²) >= 11 is 1.43. The Morgan fingerprint density at radius 1 is 1.29 bits per heavy atom. The minimum atomic E-state index is -3.41. The van der Waals surface area contributed by atoms with E-state index in [-0.39, 0.29) is 6.54 Å². The lowest BCUT2D eigenvalue weighted by Crippen LogP contribution is -2.49. The largest absolute Gasteiger partial charge is 0.326 e. The van der Waals surface area contributed by atoms with Crippen LogP contribution in [0.5, 0.6) is 0 Å². The summed E-state index contributed by atoms with van der Waals surface area (Å²) in [5.41, 5.74) is 6.50. The Morgan fingerprint density at radius 2 is 1.90 bits per heavy atom. The van der Waals surface area contributed by atoms with E-state index in [4.69, 9.17) is 5.73 Å². The van der Waals surface area contributed by atoms with Crippen molar-refractivity contribution in [3.63, 3.8) is 0 Å². The first-order valence-corrected chi connectivity index (χ1v) is 9.67. The summed E-state index contributed by atoms with van der Waals surface area (Å²) in [4.78, 5) is 3.53. The van der Waals surface area contributed by atoms with E-state index in [0.29, 0.717) is 23.9 Å². The smallest absolute Gasteiger partial charge is 0.244 e. The van der Waals surface area contributed by atoms with Crippen molar-refractivity contribution in [2.24, 2.45) is 11.7 Å². The van der Waals surface area contributed by atoms with Gasteiger partial charge < -0.3 is 10.6 Å². The molecule has 120 valence electrons. The summed E-state index contributed by atoms with van der Waals surface area (Å²) < 4.78 is 27.3. The van der Waals surface area contributed by atoms with Crippen LogP contribution in [-0.2, 0) is 16.6 Å². The fraction of sp³-hybridized carbons (Fsp3) is 0.714. The molecule has 0 aromatic carbocycles. The van der Waals surface area contributed by atoms with Crippen molar-refractivity contribution in [2.75, 3.05) is 32.7 Å². The van der Waals surface area contributed by atoms with Crippen molar-refractivity contribution < 1.29 is 8.42 Å². The Bertz CT molecular complexity index is 573. The molecular formula is C14H25N3O2S2. The third-order valence-corrected chi connectivity index (χ3v) is 7.11. The van der Waals surface area contributed by atoms with E-state index in [0.717, 1.165) is 30.1 Å². The first-order valence-electron chi connectivity index (χ1n) is 7.35. The molecule has 1 aliphatic heterocycles. The van der Waals surface area contributed by atoms with Crippen LogP contribution in [0.3, 0.4) is 0 Å². The van der Waals surface area contributed by atoms with Gasteiger partial charge in [0, 0.05) is 44.1 Å². The van der Waals surface area contributed by atoms with Gasteiger partial charge in [0.05, 0.1) is 0 Å². The predicted octanol–water partition coefficient (Wildman–Crippen LogP) is 1.48. The minimum absolute atomic E-state index is 0.278. The summed E-state index contributed by atoms with van der Waals surface area (Å²) in [6.07, 6.45) is 0. The van der Waals surface area contributed by atoms with Crippen molar-refractivity contribution in [3.8, 4) is 0 Å². The second-order valence-electron chi connectivity index (χ2n) is 5.97. The highest BCUT2D eigenvalue weighted by molar-refractivity contribution is 7.89. The van der Waals surface area contributed by atoms with Gasteiger partial charge >= 0.3 is 0 Å². The van der Waals surface area contributed by atoms with Gasteiger partial charge in [0.2, 0.25) is 10.0 Å². The molecule has 2 rings (SSSR count). The summed E-state index contributed by atoms with van der Waals surface area (Å²) in [5, 5.41) is 1.88. The van der Waals surface area contributed by atoms with E-state index in [2.05, 4.69) is 18.7 Å². The highest BCUT2D eigenvalue weighted by atomic mass is 32.2. The van der Waals surface area contributed by atoms with Gasteiger partial charge in [-0.1, -0.05) is 13.8 Å². The fourth-order valence-corrected chi connectivity index (χ4v) is 5.85. The van der Waals surface area contributed by atoms with Gasteiger partial charge in [-0.05, 0) is 23.8 Å². The van der Waals surface area contributed by atoms with Crippen LogP contribution < -0.4 is 5.73 Å². The highest BCUT2D eigenvalue weighted by Crippen LogP contribution is 2.29. The zero-order chi connectivity index (χ0) is 15.6. The third-order valence-electron chi connectivity index (χ3n) is 3.73. The average Bonchev–Trinajstić information content (AvgIpc) is 2.80. The maximum Gasteiger partial charge on any atom is 0.244 e. The summed E-state index contributed by atoms with van der Waals surface area (Å²) in [7, 11) is -3.41. The molecule has 2 N–H and O–H groups in total. The van der Waals surface area contributed by atoms with Crippen LogP contribution in [0.25, 0.3) is 0 Å². The second-order valence-corrected chi connectivity index (χ2v) is 8.81. The van der Waals surface area contributed by atoms with E-state index < -0.39 is 10.0 Å². The first kappa shape index (κ1) is 16.9. The number of hydrogen-bond donors (Lipinski definition) is 1. The van der Waals surface area contributed by atoms with Crippen molar-refractivity contribution in [3.05, 3.63) is 15.8 Å². The first-order chi connectivity index (χ1) is 9.86. The van der Waals surface area contributed by atoms with Gasteiger partial charge in [-0.2, -0.15) is 4.31 Å². The maximum atomic E-state index is 12.8. The molecule has 0 aliphatic carbocycles. The number of rotatable bonds is 5. The Labute approximate surface area is 131 Å². The molecule has 0 amide bonds. The summed E-state index contributed by atoms with van der Waals surface area (Å²) in [6.45, 7) is 10.3. The van der Waals surface area contributed by atoms with Crippen LogP contribution in [0.4, 0.5) is 0 Å². The van der Waals surface area contributed by atoms with Crippen LogP contribution in [0.15, 0.2) is 10.3 Å². The van der Waals surface area contributed by atoms with E-state index in [1.54, 1.807) is 4.31 Å². The van der Waals surface area contributed by atoms with Crippen LogP contribution >= 0.6 is 11.3 Å². The molecule has 21 heavy (non-hydrogen) atoms. The molecule has 0 radical (unpaired) electrons. The second kappa shape index (κ2) is 6.75. The average molecular weight is 332 g/mol. The van der Waals surface area contributed by atoms with Crippen LogP contribution in [-0.4, -0.2) is 50.3 Å². The molecule has 0 unspecified atom stereocenters. The molecule has 1 aromatic rings. The number of thiophene rings is 1. The Hall–Kier alpha value is -0.470. The molecule has 1 aliphatic rings. The number of piperazine rings is 1. The molecule has 5 nitrogen and oxygen atoms in total. The third kappa shape index (κ3) is 3.65. The molecule has 1 fully saturated rings. The number of hydrogen-bond acceptors (Lipinski definition) is 5. The monoisotopic (exact) mass is 331 g/mol. The van der Waals surface area contributed by atoms with Crippen LogP contribution in [0.2, 0.25) is 0 Å². The topological polar surface area (TPSA) is 66.6 Å². The predicted molar refractivity (Wildman–Crippen MR) is 87.0 cm³/mol. The molecule has 0 spiro atoms. The molecule has 7 heteroatoms. The molecule has 2 heterocycles. The van der Waals surface area contributed by atoms with Crippen molar-refractivity contribution in [1.82, 2.24) is 9.21 Å². The molecular weight excluding hydrogens is 306 g/mol. The molecule has 0 saturated carbocycles. The van der Waals surface area contributed by atoms with Crippen molar-refractivity contribution in [1.29, 1.82) is 0 Å². The zero-order valence-electron chi connectivity index (χ0n) is 13.0. The Morgan fingerprint density at radius 3 is 2.43 bits per heavy atom. The summed E-state index contributed by atoms with van der Waals surface area (Å²) in [6, 6.07) is 0. The highest BCUT2D eigenvalue weighted by Gasteiger charge is 2.32. The number of sulfonamides is 1. The van der Waals surface area contributed by atoms with Crippen molar-refractivity contribution in [2.45, 2.75) is 32.2 Å². The number of nitrogens with zero attached hydrogens (tertiary/aromatic N) is 2. The number of nitrogens with two attached hydrogens (primary N) is 1. The standard InChI is InChI=1S/C14H25N3O2S2/c1-11(2)9-16-4-6-17(7-5-16)21(18,19)14-12(3)10-20-13(14)8-15/h10-11H,4-9,15H2,1-3H3. The van der Waals surface area contributed by atoms with E-state index >= 15 is 0 Å². The van der Waals surface area contributed by atoms with Crippen LogP contribution in [0.1, 0.15) is 24.3 Å². The van der Waals surface area contributed by atoms with Gasteiger partial charge in [-0.15, -0.1) is 11.3 Å². The van der Waals surface area contributed by atoms with E-state index in [9.17, 15) is 8.42 Å². The fourth-order valence-electron chi connectivity index (χ4n) is 2.77. The number of aryl methyl sites for hydroxylation is 1. The zero-order valence-corrected chi connectivity index (χ0v) is 14.6. The molecule has 1 aromatic heterocycles. The van der Waals surface area contributed by atoms with Gasteiger partial charge in [0.1, 0.15) is 4.90 Å². The lowest BCUT2D eigenvalue weighted by molar-refractivity contribution is 0.172. The molecule has 0 atom stereocenters. The van der Waals surface area contributed by atoms with Gasteiger partial charge in [-0.25, -0.2) is 8.42 Å². The lowest BCUT2D eigenvalue weighted by atomic mass is 10.2. The quantitative estimate of drug-likeness (QED) is 0.887. The normalized spacial score (nSPS) is 18.5. The molecule has 0 bridgehead atoms. The van der Waals surface area contributed by atoms with E-state index in [1.165, 1.54) is 11.3 Å². The Kier molecular flexibility index (Phi) is 5.43. The van der Waals surface area contributed by atoms with E-state index in [1.807, 2.05) is 12.3 Å². The molecule has 1 saturated heterocycles. The van der Waals surface area contributed by atoms with Gasteiger partial charge in [0.25, 0.3) is 0 Å². The SMILES string of the molecule is Cc1csc(CN)c1S(=O)(=O)N1CCN(CC(C)C)CC1. The maximum absolute atomic E-state index is 12.8. The Balaban J connectivity index is 2.13. The van der Waals surface area contributed by atoms with Gasteiger partial charge in [0.15, 0.2) is 0 Å². The summed E-state index contributed by atoms with van der Waals surface area (Å²) in [5.74, 6) is 0.608.